The Bertz CT molecular complexity index is 207. The largest absolute Gasteiger partial charge is 0.355 e. The van der Waals surface area contributed by atoms with Crippen molar-refractivity contribution in [2.24, 2.45) is 0 Å². The van der Waals surface area contributed by atoms with Crippen LogP contribution in [0.15, 0.2) is 0 Å². The van der Waals surface area contributed by atoms with Crippen molar-refractivity contribution in [2.45, 2.75) is 84.6 Å². The topological polar surface area (TPSA) is 41.1 Å². The Morgan fingerprint density at radius 3 is 2.00 bits per heavy atom. The molecular weight excluding hydrogens is 236 g/mol. The van der Waals surface area contributed by atoms with Gasteiger partial charge >= 0.3 is 0 Å². The van der Waals surface area contributed by atoms with Crippen LogP contribution in [-0.2, 0) is 4.79 Å². The number of rotatable bonds is 13. The summed E-state index contributed by atoms with van der Waals surface area (Å²) in [5.74, 6) is 0.126. The summed E-state index contributed by atoms with van der Waals surface area (Å²) in [6, 6.07) is -0.0592. The minimum Gasteiger partial charge on any atom is -0.355 e. The van der Waals surface area contributed by atoms with Crippen molar-refractivity contribution in [3.05, 3.63) is 0 Å². The minimum absolute atomic E-state index is 0.0592. The van der Waals surface area contributed by atoms with Crippen molar-refractivity contribution < 1.29 is 4.79 Å². The Morgan fingerprint density at radius 1 is 0.842 bits per heavy atom. The van der Waals surface area contributed by atoms with E-state index in [0.717, 1.165) is 19.5 Å². The molecule has 0 aromatic rings. The fraction of sp³-hybridized carbons (Fsp3) is 0.938. The van der Waals surface area contributed by atoms with Gasteiger partial charge in [-0.15, -0.1) is 0 Å². The van der Waals surface area contributed by atoms with E-state index in [1.807, 2.05) is 6.92 Å². The van der Waals surface area contributed by atoms with Crippen molar-refractivity contribution in [2.75, 3.05) is 13.1 Å². The van der Waals surface area contributed by atoms with Crippen LogP contribution in [0.2, 0.25) is 0 Å². The molecule has 0 saturated heterocycles. The molecule has 1 atom stereocenters. The summed E-state index contributed by atoms with van der Waals surface area (Å²) in [4.78, 5) is 11.6. The predicted molar refractivity (Wildman–Crippen MR) is 83.4 cm³/mol. The predicted octanol–water partition coefficient (Wildman–Crippen LogP) is 3.63. The quantitative estimate of drug-likeness (QED) is 0.502. The first-order chi connectivity index (χ1) is 9.22. The smallest absolute Gasteiger partial charge is 0.236 e. The summed E-state index contributed by atoms with van der Waals surface area (Å²) in [5.41, 5.74) is 0. The van der Waals surface area contributed by atoms with Crippen molar-refractivity contribution >= 4 is 5.91 Å². The summed E-state index contributed by atoms with van der Waals surface area (Å²) in [7, 11) is 0. The highest BCUT2D eigenvalue weighted by atomic mass is 16.2. The highest BCUT2D eigenvalue weighted by Crippen LogP contribution is 2.07. The Morgan fingerprint density at radius 2 is 1.42 bits per heavy atom. The molecular formula is C16H34N2O. The standard InChI is InChI=1S/C16H34N2O/c1-4-6-7-8-9-10-11-12-14-17-15(3)16(19)18-13-5-2/h15,17H,4-14H2,1-3H3,(H,18,19). The lowest BCUT2D eigenvalue weighted by Crippen LogP contribution is -2.42. The number of unbranched alkanes of at least 4 members (excludes halogenated alkanes) is 7. The lowest BCUT2D eigenvalue weighted by atomic mass is 10.1. The number of carbonyl (C=O) groups is 1. The molecule has 0 aliphatic rings. The number of carbonyl (C=O) groups excluding carboxylic acids is 1. The number of nitrogens with one attached hydrogen (secondary N) is 2. The van der Waals surface area contributed by atoms with E-state index in [2.05, 4.69) is 24.5 Å². The number of hydrogen-bond acceptors (Lipinski definition) is 2. The van der Waals surface area contributed by atoms with Crippen LogP contribution in [0, 0.1) is 0 Å². The van der Waals surface area contributed by atoms with Crippen molar-refractivity contribution in [1.29, 1.82) is 0 Å². The van der Waals surface area contributed by atoms with E-state index in [1.54, 1.807) is 0 Å². The van der Waals surface area contributed by atoms with E-state index in [9.17, 15) is 4.79 Å². The maximum Gasteiger partial charge on any atom is 0.236 e. The van der Waals surface area contributed by atoms with Gasteiger partial charge in [-0.25, -0.2) is 0 Å². The molecule has 2 N–H and O–H groups in total. The molecule has 1 amide bonds. The Hall–Kier alpha value is -0.570. The molecule has 3 heteroatoms. The summed E-state index contributed by atoms with van der Waals surface area (Å²) in [6.07, 6.45) is 11.6. The normalized spacial score (nSPS) is 12.4. The molecule has 0 spiro atoms. The molecule has 1 unspecified atom stereocenters. The lowest BCUT2D eigenvalue weighted by molar-refractivity contribution is -0.122. The van der Waals surface area contributed by atoms with E-state index in [-0.39, 0.29) is 11.9 Å². The maximum atomic E-state index is 11.6. The number of amides is 1. The molecule has 0 rings (SSSR count). The van der Waals surface area contributed by atoms with Gasteiger partial charge < -0.3 is 10.6 Å². The molecule has 0 saturated carbocycles. The third-order valence-corrected chi connectivity index (χ3v) is 3.42. The van der Waals surface area contributed by atoms with E-state index in [1.165, 1.54) is 51.4 Å². The first-order valence-corrected chi connectivity index (χ1v) is 8.23. The molecule has 3 nitrogen and oxygen atoms in total. The van der Waals surface area contributed by atoms with Gasteiger partial charge in [0.05, 0.1) is 6.04 Å². The summed E-state index contributed by atoms with van der Waals surface area (Å²) < 4.78 is 0. The van der Waals surface area contributed by atoms with Gasteiger partial charge in [0.25, 0.3) is 0 Å². The molecule has 0 aliphatic carbocycles. The van der Waals surface area contributed by atoms with Crippen LogP contribution in [0.25, 0.3) is 0 Å². The van der Waals surface area contributed by atoms with E-state index in [0.29, 0.717) is 0 Å². The fourth-order valence-corrected chi connectivity index (χ4v) is 2.07. The second-order valence-corrected chi connectivity index (χ2v) is 5.44. The van der Waals surface area contributed by atoms with Crippen LogP contribution < -0.4 is 10.6 Å². The average molecular weight is 270 g/mol. The van der Waals surface area contributed by atoms with E-state index in [4.69, 9.17) is 0 Å². The fourth-order valence-electron chi connectivity index (χ4n) is 2.07. The molecule has 0 aromatic carbocycles. The molecule has 0 heterocycles. The van der Waals surface area contributed by atoms with Gasteiger partial charge in [-0.1, -0.05) is 58.8 Å². The zero-order valence-electron chi connectivity index (χ0n) is 13.3. The van der Waals surface area contributed by atoms with Gasteiger partial charge in [-0.2, -0.15) is 0 Å². The minimum atomic E-state index is -0.0592. The summed E-state index contributed by atoms with van der Waals surface area (Å²) in [5, 5.41) is 6.20. The van der Waals surface area contributed by atoms with Gasteiger partial charge in [-0.3, -0.25) is 4.79 Å². The summed E-state index contributed by atoms with van der Waals surface area (Å²) >= 11 is 0. The van der Waals surface area contributed by atoms with Crippen LogP contribution in [0.4, 0.5) is 0 Å². The Balaban J connectivity index is 3.26. The van der Waals surface area contributed by atoms with E-state index < -0.39 is 0 Å². The SMILES string of the molecule is CCCCCCCCCCNC(C)C(=O)NCCC. The zero-order chi connectivity index (χ0) is 14.3. The third kappa shape index (κ3) is 12.2. The highest BCUT2D eigenvalue weighted by Gasteiger charge is 2.09. The van der Waals surface area contributed by atoms with Crippen molar-refractivity contribution in [1.82, 2.24) is 10.6 Å². The Kier molecular flexibility index (Phi) is 13.4. The van der Waals surface area contributed by atoms with Gasteiger partial charge in [0.15, 0.2) is 0 Å². The van der Waals surface area contributed by atoms with Gasteiger partial charge in [-0.05, 0) is 26.3 Å². The van der Waals surface area contributed by atoms with Crippen LogP contribution in [-0.4, -0.2) is 25.0 Å². The number of hydrogen-bond donors (Lipinski definition) is 2. The van der Waals surface area contributed by atoms with Crippen LogP contribution in [0.3, 0.4) is 0 Å². The van der Waals surface area contributed by atoms with Crippen LogP contribution >= 0.6 is 0 Å². The lowest BCUT2D eigenvalue weighted by Gasteiger charge is -2.13. The third-order valence-electron chi connectivity index (χ3n) is 3.42. The molecule has 0 bridgehead atoms. The van der Waals surface area contributed by atoms with Gasteiger partial charge in [0.2, 0.25) is 5.91 Å². The second kappa shape index (κ2) is 13.9. The van der Waals surface area contributed by atoms with Crippen LogP contribution in [0.5, 0.6) is 0 Å². The van der Waals surface area contributed by atoms with E-state index >= 15 is 0 Å². The molecule has 0 aromatic heterocycles. The molecule has 0 radical (unpaired) electrons. The molecule has 114 valence electrons. The molecule has 0 fully saturated rings. The van der Waals surface area contributed by atoms with Crippen molar-refractivity contribution in [3.63, 3.8) is 0 Å². The Labute approximate surface area is 119 Å². The van der Waals surface area contributed by atoms with Crippen LogP contribution in [0.1, 0.15) is 78.6 Å². The highest BCUT2D eigenvalue weighted by molar-refractivity contribution is 5.81. The average Bonchev–Trinajstić information content (AvgIpc) is 2.42. The molecule has 19 heavy (non-hydrogen) atoms. The summed E-state index contributed by atoms with van der Waals surface area (Å²) in [6.45, 7) is 8.00. The second-order valence-electron chi connectivity index (χ2n) is 5.44. The zero-order valence-corrected chi connectivity index (χ0v) is 13.3. The monoisotopic (exact) mass is 270 g/mol. The maximum absolute atomic E-state index is 11.6. The first kappa shape index (κ1) is 18.4. The van der Waals surface area contributed by atoms with Gasteiger partial charge in [0.1, 0.15) is 0 Å². The first-order valence-electron chi connectivity index (χ1n) is 8.23. The van der Waals surface area contributed by atoms with Crippen molar-refractivity contribution in [3.8, 4) is 0 Å². The molecule has 0 aliphatic heterocycles. The van der Waals surface area contributed by atoms with Gasteiger partial charge in [0, 0.05) is 6.54 Å².